The van der Waals surface area contributed by atoms with Crippen molar-refractivity contribution in [3.63, 3.8) is 0 Å². The molecule has 0 bridgehead atoms. The van der Waals surface area contributed by atoms with Crippen LogP contribution < -0.4 is 15.3 Å². The van der Waals surface area contributed by atoms with Gasteiger partial charge in [0.2, 0.25) is 11.1 Å². The molecule has 2 unspecified atom stereocenters. The SMILES string of the molecule is O=C([O-])C1(C(F)(F)F)C=C(c2ccccn2)N=N1.O=C([O-])C1(C(F)(F)F)C=C(c2ccccn2)N=N1.O=C([O-])c1ncccc1-c1ccc(F)cc1F.[Ru+3]. The Balaban J connectivity index is 0.000000216. The van der Waals surface area contributed by atoms with Gasteiger partial charge in [0.15, 0.2) is 0 Å². The van der Waals surface area contributed by atoms with Gasteiger partial charge in [0, 0.05) is 35.8 Å². The van der Waals surface area contributed by atoms with E-state index in [4.69, 9.17) is 0 Å². The third-order valence-corrected chi connectivity index (χ3v) is 6.89. The maximum absolute atomic E-state index is 13.5. The summed E-state index contributed by atoms with van der Waals surface area (Å²) in [5.41, 5.74) is -7.50. The molecule has 4 aromatic rings. The van der Waals surface area contributed by atoms with E-state index in [1.165, 1.54) is 55.0 Å². The Morgan fingerprint density at radius 1 is 0.593 bits per heavy atom. The molecule has 0 saturated heterocycles. The van der Waals surface area contributed by atoms with E-state index in [1.54, 1.807) is 12.1 Å². The molecule has 0 aliphatic carbocycles. The third-order valence-electron chi connectivity index (χ3n) is 6.89. The van der Waals surface area contributed by atoms with Crippen LogP contribution in [0.4, 0.5) is 35.1 Å². The molecule has 22 heteroatoms. The van der Waals surface area contributed by atoms with Crippen LogP contribution in [-0.2, 0) is 29.1 Å². The van der Waals surface area contributed by atoms with Crippen molar-refractivity contribution >= 4 is 29.3 Å². The van der Waals surface area contributed by atoms with Crippen molar-refractivity contribution in [1.29, 1.82) is 0 Å². The van der Waals surface area contributed by atoms with Crippen LogP contribution in [0.25, 0.3) is 22.5 Å². The van der Waals surface area contributed by atoms with Gasteiger partial charge in [-0.1, -0.05) is 18.2 Å². The molecule has 0 N–H and O–H groups in total. The molecular formula is C32H16F8N7O6Ru. The minimum atomic E-state index is -5.12. The summed E-state index contributed by atoms with van der Waals surface area (Å²) < 4.78 is 103. The van der Waals surface area contributed by atoms with E-state index in [-0.39, 0.29) is 59.1 Å². The van der Waals surface area contributed by atoms with E-state index in [2.05, 4.69) is 35.4 Å². The van der Waals surface area contributed by atoms with Gasteiger partial charge in [-0.2, -0.15) is 46.8 Å². The van der Waals surface area contributed by atoms with Crippen molar-refractivity contribution in [2.75, 3.05) is 0 Å². The Bertz CT molecular complexity index is 2050. The Morgan fingerprint density at radius 2 is 1.06 bits per heavy atom. The van der Waals surface area contributed by atoms with Gasteiger partial charge < -0.3 is 29.7 Å². The molecule has 13 nitrogen and oxygen atoms in total. The van der Waals surface area contributed by atoms with Crippen LogP contribution in [0.5, 0.6) is 0 Å². The maximum Gasteiger partial charge on any atom is 3.00 e. The van der Waals surface area contributed by atoms with Crippen LogP contribution in [0.2, 0.25) is 0 Å². The summed E-state index contributed by atoms with van der Waals surface area (Å²) >= 11 is 0. The Hall–Kier alpha value is -6.18. The number of azo groups is 2. The fourth-order valence-electron chi connectivity index (χ4n) is 4.26. The number of carbonyl (C=O) groups excluding carboxylic acids is 3. The first-order valence-electron chi connectivity index (χ1n) is 14.2. The number of carboxylic acid groups (broad SMARTS) is 3. The first kappa shape index (κ1) is 42.2. The van der Waals surface area contributed by atoms with Gasteiger partial charge in [-0.05, 0) is 54.6 Å². The molecule has 0 amide bonds. The predicted octanol–water partition coefficient (Wildman–Crippen LogP) is 3.27. The number of hydrogen-bond acceptors (Lipinski definition) is 13. The molecule has 0 fully saturated rings. The monoisotopic (exact) mass is 848 g/mol. The molecule has 3 aromatic heterocycles. The molecule has 279 valence electrons. The minimum Gasteiger partial charge on any atom is -0.547 e. The average molecular weight is 848 g/mol. The van der Waals surface area contributed by atoms with Crippen molar-refractivity contribution in [2.24, 2.45) is 20.5 Å². The molecule has 1 aromatic carbocycles. The zero-order chi connectivity index (χ0) is 39.2. The largest absolute Gasteiger partial charge is 3.00 e. The van der Waals surface area contributed by atoms with E-state index in [0.717, 1.165) is 12.1 Å². The summed E-state index contributed by atoms with van der Waals surface area (Å²) in [5.74, 6) is -7.83. The standard InChI is InChI=1S/C12H7F2NO2.2C10H6F3N3O2.Ru/c13-7-3-4-8(10(14)6-7)9-2-1-5-15-11(9)12(16)17;2*11-10(12,13)9(8(17)18)5-7(15-16-9)6-3-1-2-4-14-6;/h1-6H,(H,16,17);2*1-5H,(H,17,18);/q;;;+3/p-3. The van der Waals surface area contributed by atoms with Crippen LogP contribution in [0.3, 0.4) is 0 Å². The summed E-state index contributed by atoms with van der Waals surface area (Å²) in [7, 11) is 0. The number of carbonyl (C=O) groups is 3. The van der Waals surface area contributed by atoms with Crippen molar-refractivity contribution in [3.05, 3.63) is 126 Å². The second-order valence-corrected chi connectivity index (χ2v) is 10.3. The number of rotatable bonds is 6. The summed E-state index contributed by atoms with van der Waals surface area (Å²) in [4.78, 5) is 43.3. The second kappa shape index (κ2) is 16.7. The van der Waals surface area contributed by atoms with Gasteiger partial charge in [-0.25, -0.2) is 8.78 Å². The van der Waals surface area contributed by atoms with Crippen LogP contribution in [0.15, 0.2) is 118 Å². The zero-order valence-corrected chi connectivity index (χ0v) is 27.9. The molecule has 0 saturated carbocycles. The van der Waals surface area contributed by atoms with E-state index in [1.807, 2.05) is 0 Å². The van der Waals surface area contributed by atoms with Crippen molar-refractivity contribution in [3.8, 4) is 11.1 Å². The first-order chi connectivity index (χ1) is 24.8. The molecule has 6 rings (SSSR count). The summed E-state index contributed by atoms with van der Waals surface area (Å²) in [5, 5.41) is 44.3. The van der Waals surface area contributed by atoms with E-state index in [0.29, 0.717) is 18.2 Å². The maximum atomic E-state index is 13.5. The van der Waals surface area contributed by atoms with Crippen molar-refractivity contribution < 1.29 is 84.3 Å². The van der Waals surface area contributed by atoms with Gasteiger partial charge in [0.05, 0.1) is 35.0 Å². The third kappa shape index (κ3) is 8.88. The number of pyridine rings is 3. The van der Waals surface area contributed by atoms with Crippen LogP contribution in [-0.4, -0.2) is 56.3 Å². The number of nitrogens with zero attached hydrogens (tertiary/aromatic N) is 7. The minimum absolute atomic E-state index is 0. The smallest absolute Gasteiger partial charge is 0.547 e. The fraction of sp³-hybridized carbons (Fsp3) is 0.125. The molecule has 1 radical (unpaired) electrons. The van der Waals surface area contributed by atoms with Gasteiger partial charge in [0.25, 0.3) is 0 Å². The number of hydrogen-bond donors (Lipinski definition) is 0. The normalized spacial score (nSPS) is 18.5. The van der Waals surface area contributed by atoms with Gasteiger partial charge in [0.1, 0.15) is 23.0 Å². The molecule has 54 heavy (non-hydrogen) atoms. The molecule has 5 heterocycles. The Kier molecular flexibility index (Phi) is 13.0. The first-order valence-corrected chi connectivity index (χ1v) is 14.2. The molecule has 2 aliphatic rings. The molecule has 2 atom stereocenters. The van der Waals surface area contributed by atoms with E-state index >= 15 is 0 Å². The van der Waals surface area contributed by atoms with Gasteiger partial charge >= 0.3 is 31.8 Å². The summed E-state index contributed by atoms with van der Waals surface area (Å²) in [6, 6.07) is 14.7. The second-order valence-electron chi connectivity index (χ2n) is 10.3. The topological polar surface area (TPSA) is 208 Å². The molecule has 2 aliphatic heterocycles. The number of carboxylic acids is 3. The quantitative estimate of drug-likeness (QED) is 0.206. The number of aromatic nitrogens is 3. The van der Waals surface area contributed by atoms with Crippen LogP contribution in [0, 0.1) is 11.6 Å². The number of aliphatic carboxylic acids is 2. The summed E-state index contributed by atoms with van der Waals surface area (Å²) in [6.07, 6.45) is -5.50. The Labute approximate surface area is 309 Å². The predicted molar refractivity (Wildman–Crippen MR) is 156 cm³/mol. The Morgan fingerprint density at radius 3 is 1.41 bits per heavy atom. The number of halogens is 8. The van der Waals surface area contributed by atoms with Crippen molar-refractivity contribution in [1.82, 2.24) is 15.0 Å². The average Bonchev–Trinajstić information content (AvgIpc) is 3.78. The van der Waals surface area contributed by atoms with Gasteiger partial charge in [-0.15, -0.1) is 0 Å². The fourth-order valence-corrected chi connectivity index (χ4v) is 4.26. The molecule has 0 spiro atoms. The molecular weight excluding hydrogens is 831 g/mol. The van der Waals surface area contributed by atoms with Crippen LogP contribution >= 0.6 is 0 Å². The van der Waals surface area contributed by atoms with Crippen molar-refractivity contribution in [2.45, 2.75) is 23.4 Å². The summed E-state index contributed by atoms with van der Waals surface area (Å²) in [6.45, 7) is 0. The number of benzene rings is 1. The number of alkyl halides is 6. The zero-order valence-electron chi connectivity index (χ0n) is 26.2. The van der Waals surface area contributed by atoms with Gasteiger partial charge in [-0.3, -0.25) is 15.0 Å². The van der Waals surface area contributed by atoms with E-state index in [9.17, 15) is 64.8 Å². The van der Waals surface area contributed by atoms with E-state index < -0.39 is 53.0 Å². The van der Waals surface area contributed by atoms with Crippen LogP contribution in [0.1, 0.15) is 21.9 Å². The number of aromatic carboxylic acids is 1.